The smallest absolute Gasteiger partial charge is 0.220 e. The van der Waals surface area contributed by atoms with Crippen molar-refractivity contribution < 1.29 is 14.3 Å². The highest BCUT2D eigenvalue weighted by Crippen LogP contribution is 2.31. The summed E-state index contributed by atoms with van der Waals surface area (Å²) >= 11 is 0. The molecule has 0 aromatic heterocycles. The van der Waals surface area contributed by atoms with Gasteiger partial charge in [0.2, 0.25) is 5.91 Å². The zero-order valence-corrected chi connectivity index (χ0v) is 16.1. The third-order valence-corrected chi connectivity index (χ3v) is 4.35. The van der Waals surface area contributed by atoms with Crippen molar-refractivity contribution in [3.63, 3.8) is 0 Å². The number of ether oxygens (including phenoxy) is 2. The molecule has 26 heavy (non-hydrogen) atoms. The zero-order chi connectivity index (χ0) is 18.9. The number of methoxy groups -OCH3 is 2. The summed E-state index contributed by atoms with van der Waals surface area (Å²) in [7, 11) is 3.24. The number of carbonyl (C=O) groups is 1. The Morgan fingerprint density at radius 1 is 1.00 bits per heavy atom. The fraction of sp³-hybridized carbons (Fsp3) is 0.409. The van der Waals surface area contributed by atoms with E-state index < -0.39 is 0 Å². The lowest BCUT2D eigenvalue weighted by Crippen LogP contribution is -2.29. The maximum absolute atomic E-state index is 12.6. The molecule has 0 aliphatic carbocycles. The van der Waals surface area contributed by atoms with Gasteiger partial charge in [-0.15, -0.1) is 0 Å². The summed E-state index contributed by atoms with van der Waals surface area (Å²) in [5.41, 5.74) is 2.12. The van der Waals surface area contributed by atoms with E-state index in [9.17, 15) is 4.79 Å². The van der Waals surface area contributed by atoms with Crippen LogP contribution in [-0.4, -0.2) is 20.1 Å². The number of hydrogen-bond acceptors (Lipinski definition) is 3. The lowest BCUT2D eigenvalue weighted by molar-refractivity contribution is -0.121. The van der Waals surface area contributed by atoms with Crippen LogP contribution in [0, 0.1) is 5.92 Å². The van der Waals surface area contributed by atoms with Crippen LogP contribution >= 0.6 is 0 Å². The van der Waals surface area contributed by atoms with Gasteiger partial charge in [0, 0.05) is 6.42 Å². The molecule has 1 unspecified atom stereocenters. The normalized spacial score (nSPS) is 11.9. The Bertz CT molecular complexity index is 698. The lowest BCUT2D eigenvalue weighted by atomic mass is 9.96. The van der Waals surface area contributed by atoms with Gasteiger partial charge in [-0.3, -0.25) is 4.79 Å². The van der Waals surface area contributed by atoms with Crippen molar-refractivity contribution in [3.05, 3.63) is 59.7 Å². The molecule has 4 nitrogen and oxygen atoms in total. The standard InChI is InChI=1S/C22H29NO3/c1-16(2)15-19(17-9-6-5-7-10-17)23-21(24)14-13-18-11-8-12-20(25-3)22(18)26-4/h5-12,16,19H,13-15H2,1-4H3,(H,23,24). The van der Waals surface area contributed by atoms with Gasteiger partial charge >= 0.3 is 0 Å². The molecule has 0 saturated carbocycles. The number of para-hydroxylation sites is 1. The van der Waals surface area contributed by atoms with Crippen LogP contribution in [0.3, 0.4) is 0 Å². The number of hydrogen-bond donors (Lipinski definition) is 1. The first-order valence-electron chi connectivity index (χ1n) is 9.09. The van der Waals surface area contributed by atoms with E-state index >= 15 is 0 Å². The average Bonchev–Trinajstić information content (AvgIpc) is 2.65. The maximum atomic E-state index is 12.6. The van der Waals surface area contributed by atoms with Crippen molar-refractivity contribution in [1.29, 1.82) is 0 Å². The van der Waals surface area contributed by atoms with Crippen molar-refractivity contribution in [3.8, 4) is 11.5 Å². The number of benzene rings is 2. The first-order valence-corrected chi connectivity index (χ1v) is 9.09. The van der Waals surface area contributed by atoms with Crippen molar-refractivity contribution >= 4 is 5.91 Å². The van der Waals surface area contributed by atoms with Crippen LogP contribution in [0.25, 0.3) is 0 Å². The molecule has 0 fully saturated rings. The number of amides is 1. The van der Waals surface area contributed by atoms with Gasteiger partial charge in [0.15, 0.2) is 11.5 Å². The van der Waals surface area contributed by atoms with Crippen LogP contribution in [0.15, 0.2) is 48.5 Å². The quantitative estimate of drug-likeness (QED) is 0.718. The minimum Gasteiger partial charge on any atom is -0.493 e. The van der Waals surface area contributed by atoms with Gasteiger partial charge in [-0.1, -0.05) is 56.3 Å². The summed E-state index contributed by atoms with van der Waals surface area (Å²) in [6.07, 6.45) is 1.93. The summed E-state index contributed by atoms with van der Waals surface area (Å²) in [6, 6.07) is 15.9. The molecule has 2 aromatic carbocycles. The lowest BCUT2D eigenvalue weighted by Gasteiger charge is -2.21. The summed E-state index contributed by atoms with van der Waals surface area (Å²) in [5.74, 6) is 1.93. The second kappa shape index (κ2) is 9.85. The van der Waals surface area contributed by atoms with Crippen molar-refractivity contribution in [1.82, 2.24) is 5.32 Å². The highest BCUT2D eigenvalue weighted by Gasteiger charge is 2.17. The molecule has 0 aliphatic rings. The summed E-state index contributed by atoms with van der Waals surface area (Å²) in [4.78, 5) is 12.6. The molecule has 0 saturated heterocycles. The van der Waals surface area contributed by atoms with Gasteiger partial charge in [-0.2, -0.15) is 0 Å². The minimum atomic E-state index is 0.0379. The molecule has 1 atom stereocenters. The molecule has 2 rings (SSSR count). The Kier molecular flexibility index (Phi) is 7.52. The fourth-order valence-corrected chi connectivity index (χ4v) is 3.10. The molecule has 0 heterocycles. The molecule has 140 valence electrons. The second-order valence-electron chi connectivity index (χ2n) is 6.81. The van der Waals surface area contributed by atoms with E-state index in [1.165, 1.54) is 0 Å². The third-order valence-electron chi connectivity index (χ3n) is 4.35. The predicted octanol–water partition coefficient (Wildman–Crippen LogP) is 4.54. The molecule has 2 aromatic rings. The Labute approximate surface area is 156 Å². The van der Waals surface area contributed by atoms with Gasteiger partial charge < -0.3 is 14.8 Å². The summed E-state index contributed by atoms with van der Waals surface area (Å²) < 4.78 is 10.8. The van der Waals surface area contributed by atoms with Crippen LogP contribution in [0.2, 0.25) is 0 Å². The summed E-state index contributed by atoms with van der Waals surface area (Å²) in [6.45, 7) is 4.34. The Balaban J connectivity index is 2.03. The number of rotatable bonds is 9. The SMILES string of the molecule is COc1cccc(CCC(=O)NC(CC(C)C)c2ccccc2)c1OC. The first-order chi connectivity index (χ1) is 12.5. The van der Waals surface area contributed by atoms with Crippen LogP contribution in [0.1, 0.15) is 43.9 Å². The van der Waals surface area contributed by atoms with E-state index in [4.69, 9.17) is 9.47 Å². The monoisotopic (exact) mass is 355 g/mol. The Morgan fingerprint density at radius 2 is 1.73 bits per heavy atom. The molecular formula is C22H29NO3. The molecule has 0 bridgehead atoms. The van der Waals surface area contributed by atoms with E-state index in [0.29, 0.717) is 30.3 Å². The Morgan fingerprint density at radius 3 is 2.35 bits per heavy atom. The molecular weight excluding hydrogens is 326 g/mol. The average molecular weight is 355 g/mol. The van der Waals surface area contributed by atoms with E-state index in [0.717, 1.165) is 17.5 Å². The largest absolute Gasteiger partial charge is 0.493 e. The van der Waals surface area contributed by atoms with E-state index in [1.807, 2.05) is 36.4 Å². The molecule has 0 radical (unpaired) electrons. The fourth-order valence-electron chi connectivity index (χ4n) is 3.10. The molecule has 4 heteroatoms. The van der Waals surface area contributed by atoms with Crippen LogP contribution in [0.4, 0.5) is 0 Å². The maximum Gasteiger partial charge on any atom is 0.220 e. The van der Waals surface area contributed by atoms with Crippen LogP contribution in [-0.2, 0) is 11.2 Å². The van der Waals surface area contributed by atoms with E-state index in [2.05, 4.69) is 31.3 Å². The topological polar surface area (TPSA) is 47.6 Å². The molecule has 1 N–H and O–H groups in total. The zero-order valence-electron chi connectivity index (χ0n) is 16.1. The first kappa shape index (κ1) is 19.8. The van der Waals surface area contributed by atoms with Gasteiger partial charge in [0.25, 0.3) is 0 Å². The number of carbonyl (C=O) groups excluding carboxylic acids is 1. The van der Waals surface area contributed by atoms with Gasteiger partial charge in [0.05, 0.1) is 20.3 Å². The second-order valence-corrected chi connectivity index (χ2v) is 6.81. The molecule has 0 spiro atoms. The van der Waals surface area contributed by atoms with Gasteiger partial charge in [0.1, 0.15) is 0 Å². The summed E-state index contributed by atoms with van der Waals surface area (Å²) in [5, 5.41) is 3.19. The van der Waals surface area contributed by atoms with Crippen molar-refractivity contribution in [2.24, 2.45) is 5.92 Å². The molecule has 1 amide bonds. The predicted molar refractivity (Wildman–Crippen MR) is 105 cm³/mol. The number of aryl methyl sites for hydroxylation is 1. The molecule has 0 aliphatic heterocycles. The Hall–Kier alpha value is -2.49. The highest BCUT2D eigenvalue weighted by atomic mass is 16.5. The van der Waals surface area contributed by atoms with Crippen molar-refractivity contribution in [2.75, 3.05) is 14.2 Å². The van der Waals surface area contributed by atoms with Crippen LogP contribution < -0.4 is 14.8 Å². The van der Waals surface area contributed by atoms with Crippen molar-refractivity contribution in [2.45, 2.75) is 39.2 Å². The van der Waals surface area contributed by atoms with Crippen LogP contribution in [0.5, 0.6) is 11.5 Å². The van der Waals surface area contributed by atoms with E-state index in [1.54, 1.807) is 14.2 Å². The van der Waals surface area contributed by atoms with Gasteiger partial charge in [-0.05, 0) is 36.0 Å². The number of nitrogens with one attached hydrogen (secondary N) is 1. The van der Waals surface area contributed by atoms with E-state index in [-0.39, 0.29) is 11.9 Å². The minimum absolute atomic E-state index is 0.0379. The van der Waals surface area contributed by atoms with Gasteiger partial charge in [-0.25, -0.2) is 0 Å². The third kappa shape index (κ3) is 5.51. The highest BCUT2D eigenvalue weighted by molar-refractivity contribution is 5.77.